The topological polar surface area (TPSA) is 74.6 Å². The summed E-state index contributed by atoms with van der Waals surface area (Å²) in [5, 5.41) is 20.9. The Balaban J connectivity index is 1.92. The molecule has 2 atom stereocenters. The van der Waals surface area contributed by atoms with Crippen LogP contribution in [0.15, 0.2) is 84.9 Å². The van der Waals surface area contributed by atoms with E-state index >= 15 is 0 Å². The molecule has 1 aliphatic carbocycles. The predicted octanol–water partition coefficient (Wildman–Crippen LogP) is 5.15. The zero-order chi connectivity index (χ0) is 22.7. The van der Waals surface area contributed by atoms with Crippen molar-refractivity contribution < 1.29 is 19.8 Å². The van der Waals surface area contributed by atoms with E-state index in [2.05, 4.69) is 0 Å². The third-order valence-corrected chi connectivity index (χ3v) is 6.59. The zero-order valence-electron chi connectivity index (χ0n) is 17.9. The van der Waals surface area contributed by atoms with Gasteiger partial charge >= 0.3 is 11.9 Å². The van der Waals surface area contributed by atoms with Crippen molar-refractivity contribution in [2.45, 2.75) is 25.2 Å². The molecule has 0 saturated heterocycles. The second-order valence-electron chi connectivity index (χ2n) is 8.47. The Bertz CT molecular complexity index is 1090. The van der Waals surface area contributed by atoms with Gasteiger partial charge in [0.15, 0.2) is 0 Å². The summed E-state index contributed by atoms with van der Waals surface area (Å²) in [5.41, 5.74) is 3.18. The van der Waals surface area contributed by atoms with Gasteiger partial charge in [0.25, 0.3) is 0 Å². The average molecular weight is 427 g/mol. The van der Waals surface area contributed by atoms with Gasteiger partial charge in [0.2, 0.25) is 0 Å². The normalized spacial score (nSPS) is 18.7. The van der Waals surface area contributed by atoms with Crippen LogP contribution in [-0.2, 0) is 27.8 Å². The number of hydrogen-bond acceptors (Lipinski definition) is 2. The van der Waals surface area contributed by atoms with E-state index in [0.717, 1.165) is 27.8 Å². The molecular formula is C28H26O4. The highest BCUT2D eigenvalue weighted by atomic mass is 16.4. The standard InChI is InChI=1S/C28H26O4/c1-19-9-8-14-22-15-16-28(25(19)22,23(26(29)30)17-20-10-4-2-5-11-20)24(27(31)32)18-21-12-6-3-7-13-21/h2-16,23-24H,17-18H2,1H3,(H,29,30)(H,31,32). The number of carboxylic acids is 2. The Hall–Kier alpha value is -3.66. The number of rotatable bonds is 8. The van der Waals surface area contributed by atoms with Gasteiger partial charge in [-0.3, -0.25) is 9.59 Å². The number of allylic oxidation sites excluding steroid dienone is 1. The second kappa shape index (κ2) is 8.83. The summed E-state index contributed by atoms with van der Waals surface area (Å²) in [4.78, 5) is 25.5. The third-order valence-electron chi connectivity index (χ3n) is 6.59. The van der Waals surface area contributed by atoms with Crippen LogP contribution in [0.4, 0.5) is 0 Å². The van der Waals surface area contributed by atoms with Gasteiger partial charge in [-0.15, -0.1) is 0 Å². The fraction of sp³-hybridized carbons (Fsp3) is 0.214. The fourth-order valence-corrected chi connectivity index (χ4v) is 5.18. The molecular weight excluding hydrogens is 400 g/mol. The molecule has 4 rings (SSSR count). The fourth-order valence-electron chi connectivity index (χ4n) is 5.18. The lowest BCUT2D eigenvalue weighted by Gasteiger charge is -2.41. The molecule has 0 spiro atoms. The minimum Gasteiger partial charge on any atom is -0.481 e. The number of benzene rings is 3. The first kappa shape index (κ1) is 21.6. The van der Waals surface area contributed by atoms with Crippen molar-refractivity contribution in [3.05, 3.63) is 113 Å². The van der Waals surface area contributed by atoms with Crippen molar-refractivity contribution in [1.29, 1.82) is 0 Å². The summed E-state index contributed by atoms with van der Waals surface area (Å²) >= 11 is 0. The first-order valence-electron chi connectivity index (χ1n) is 10.8. The number of aryl methyl sites for hydroxylation is 1. The van der Waals surface area contributed by atoms with E-state index in [9.17, 15) is 19.8 Å². The maximum atomic E-state index is 12.8. The van der Waals surface area contributed by atoms with Gasteiger partial charge in [0, 0.05) is 5.41 Å². The maximum Gasteiger partial charge on any atom is 0.308 e. The maximum absolute atomic E-state index is 12.8. The van der Waals surface area contributed by atoms with E-state index in [1.54, 1.807) is 0 Å². The molecule has 1 aliphatic rings. The third kappa shape index (κ3) is 3.84. The highest BCUT2D eigenvalue weighted by Gasteiger charge is 2.54. The van der Waals surface area contributed by atoms with Crippen molar-refractivity contribution in [3.63, 3.8) is 0 Å². The van der Waals surface area contributed by atoms with Crippen molar-refractivity contribution in [2.75, 3.05) is 0 Å². The molecule has 0 aliphatic heterocycles. The second-order valence-corrected chi connectivity index (χ2v) is 8.47. The van der Waals surface area contributed by atoms with Gasteiger partial charge < -0.3 is 10.2 Å². The van der Waals surface area contributed by atoms with Gasteiger partial charge in [-0.05, 0) is 47.6 Å². The van der Waals surface area contributed by atoms with Crippen LogP contribution in [0.2, 0.25) is 0 Å². The minimum atomic E-state index is -1.18. The summed E-state index contributed by atoms with van der Waals surface area (Å²) in [5.74, 6) is -3.86. The van der Waals surface area contributed by atoms with E-state index in [4.69, 9.17) is 0 Å². The van der Waals surface area contributed by atoms with Gasteiger partial charge in [-0.25, -0.2) is 0 Å². The van der Waals surface area contributed by atoms with Gasteiger partial charge in [-0.1, -0.05) is 91.0 Å². The van der Waals surface area contributed by atoms with E-state index in [1.807, 2.05) is 97.9 Å². The SMILES string of the molecule is Cc1cccc2c1C(C(Cc1ccccc1)C(=O)O)(C(Cc1ccccc1)C(=O)O)C=C2. The Kier molecular flexibility index (Phi) is 5.95. The summed E-state index contributed by atoms with van der Waals surface area (Å²) in [6.45, 7) is 1.93. The van der Waals surface area contributed by atoms with Crippen molar-refractivity contribution in [1.82, 2.24) is 0 Å². The first-order valence-corrected chi connectivity index (χ1v) is 10.8. The predicted molar refractivity (Wildman–Crippen MR) is 124 cm³/mol. The van der Waals surface area contributed by atoms with Crippen molar-refractivity contribution >= 4 is 18.0 Å². The number of fused-ring (bicyclic) bond motifs is 1. The van der Waals surface area contributed by atoms with Crippen LogP contribution in [0.5, 0.6) is 0 Å². The molecule has 3 aromatic carbocycles. The smallest absolute Gasteiger partial charge is 0.308 e. The number of aliphatic carboxylic acids is 2. The quantitative estimate of drug-likeness (QED) is 0.523. The van der Waals surface area contributed by atoms with Gasteiger partial charge in [-0.2, -0.15) is 0 Å². The Morgan fingerprint density at radius 2 is 1.25 bits per heavy atom. The molecule has 0 radical (unpaired) electrons. The molecule has 3 aromatic rings. The van der Waals surface area contributed by atoms with Gasteiger partial charge in [0.05, 0.1) is 11.8 Å². The Morgan fingerprint density at radius 1 is 0.750 bits per heavy atom. The highest BCUT2D eigenvalue weighted by Crippen LogP contribution is 2.51. The van der Waals surface area contributed by atoms with Crippen molar-refractivity contribution in [3.8, 4) is 0 Å². The molecule has 0 bridgehead atoms. The monoisotopic (exact) mass is 426 g/mol. The van der Waals surface area contributed by atoms with Crippen LogP contribution in [0.25, 0.3) is 6.08 Å². The molecule has 162 valence electrons. The number of carboxylic acid groups (broad SMARTS) is 2. The molecule has 2 N–H and O–H groups in total. The van der Waals surface area contributed by atoms with Crippen LogP contribution < -0.4 is 0 Å². The summed E-state index contributed by atoms with van der Waals surface area (Å²) in [6, 6.07) is 24.7. The molecule has 4 heteroatoms. The van der Waals surface area contributed by atoms with E-state index in [1.165, 1.54) is 0 Å². The summed E-state index contributed by atoms with van der Waals surface area (Å²) in [6.07, 6.45) is 4.22. The Labute approximate surface area is 187 Å². The molecule has 4 nitrogen and oxygen atoms in total. The Morgan fingerprint density at radius 3 is 1.72 bits per heavy atom. The molecule has 0 fully saturated rings. The van der Waals surface area contributed by atoms with E-state index in [0.29, 0.717) is 0 Å². The molecule has 0 heterocycles. The van der Waals surface area contributed by atoms with Crippen LogP contribution in [-0.4, -0.2) is 22.2 Å². The summed E-state index contributed by atoms with van der Waals surface area (Å²) < 4.78 is 0. The van der Waals surface area contributed by atoms with E-state index < -0.39 is 29.2 Å². The van der Waals surface area contributed by atoms with Crippen LogP contribution >= 0.6 is 0 Å². The van der Waals surface area contributed by atoms with Crippen molar-refractivity contribution in [2.24, 2.45) is 11.8 Å². The summed E-state index contributed by atoms with van der Waals surface area (Å²) in [7, 11) is 0. The van der Waals surface area contributed by atoms with Crippen LogP contribution in [0.1, 0.15) is 27.8 Å². The lowest BCUT2D eigenvalue weighted by molar-refractivity contribution is -0.149. The van der Waals surface area contributed by atoms with E-state index in [-0.39, 0.29) is 12.8 Å². The molecule has 0 amide bonds. The average Bonchev–Trinajstić information content (AvgIpc) is 3.18. The zero-order valence-corrected chi connectivity index (χ0v) is 17.9. The first-order chi connectivity index (χ1) is 15.4. The van der Waals surface area contributed by atoms with Gasteiger partial charge in [0.1, 0.15) is 0 Å². The highest BCUT2D eigenvalue weighted by molar-refractivity contribution is 5.84. The molecule has 32 heavy (non-hydrogen) atoms. The largest absolute Gasteiger partial charge is 0.481 e. The van der Waals surface area contributed by atoms with Crippen LogP contribution in [0, 0.1) is 18.8 Å². The number of carbonyl (C=O) groups is 2. The van der Waals surface area contributed by atoms with Crippen LogP contribution in [0.3, 0.4) is 0 Å². The lowest BCUT2D eigenvalue weighted by atomic mass is 9.60. The molecule has 0 saturated carbocycles. The minimum absolute atomic E-state index is 0.243. The lowest BCUT2D eigenvalue weighted by Crippen LogP contribution is -2.49. The molecule has 2 unspecified atom stereocenters. The molecule has 0 aromatic heterocycles. The number of hydrogen-bond donors (Lipinski definition) is 2.